The summed E-state index contributed by atoms with van der Waals surface area (Å²) in [6.45, 7) is 0. The molecule has 5 heteroatoms. The van der Waals surface area contributed by atoms with Gasteiger partial charge in [-0.2, -0.15) is 5.10 Å². The second-order valence-corrected chi connectivity index (χ2v) is 7.27. The molecule has 0 radical (unpaired) electrons. The maximum Gasteiger partial charge on any atom is 0.224 e. The maximum absolute atomic E-state index is 12.6. The van der Waals surface area contributed by atoms with Crippen molar-refractivity contribution in [2.75, 3.05) is 12.4 Å². The summed E-state index contributed by atoms with van der Waals surface area (Å²) in [7, 11) is 1.66. The van der Waals surface area contributed by atoms with Gasteiger partial charge in [0.15, 0.2) is 0 Å². The van der Waals surface area contributed by atoms with E-state index in [0.717, 1.165) is 41.2 Å². The molecular formula is C20H25N3O2. The molecule has 25 heavy (non-hydrogen) atoms. The first-order valence-corrected chi connectivity index (χ1v) is 9.27. The van der Waals surface area contributed by atoms with Crippen LogP contribution in [0, 0.1) is 5.92 Å². The molecule has 2 aromatic rings. The summed E-state index contributed by atoms with van der Waals surface area (Å²) in [5.74, 6) is 1.93. The number of methoxy groups -OCH3 is 1. The molecule has 132 valence electrons. The number of rotatable bonds is 6. The van der Waals surface area contributed by atoms with Crippen molar-refractivity contribution in [1.29, 1.82) is 0 Å². The van der Waals surface area contributed by atoms with Gasteiger partial charge in [0, 0.05) is 17.9 Å². The first kappa shape index (κ1) is 16.2. The Morgan fingerprint density at radius 3 is 2.80 bits per heavy atom. The molecule has 2 aliphatic carbocycles. The fourth-order valence-electron chi connectivity index (χ4n) is 3.80. The number of hydrogen-bond acceptors (Lipinski definition) is 3. The summed E-state index contributed by atoms with van der Waals surface area (Å²) >= 11 is 0. The Bertz CT molecular complexity index is 758. The number of ether oxygens (including phenoxy) is 1. The number of benzene rings is 1. The van der Waals surface area contributed by atoms with Crippen molar-refractivity contribution in [3.05, 3.63) is 30.0 Å². The van der Waals surface area contributed by atoms with E-state index in [9.17, 15) is 4.79 Å². The molecule has 4 rings (SSSR count). The minimum absolute atomic E-state index is 0.111. The Labute approximate surface area is 148 Å². The second kappa shape index (κ2) is 6.90. The van der Waals surface area contributed by atoms with Crippen LogP contribution in [-0.2, 0) is 4.79 Å². The maximum atomic E-state index is 12.6. The van der Waals surface area contributed by atoms with Gasteiger partial charge in [-0.25, -0.2) is 0 Å². The Hall–Kier alpha value is -2.30. The number of carbonyl (C=O) groups is 1. The number of carbonyl (C=O) groups excluding carboxylic acids is 1. The van der Waals surface area contributed by atoms with Crippen LogP contribution in [0.25, 0.3) is 11.3 Å². The number of H-pyrrole nitrogens is 1. The second-order valence-electron chi connectivity index (χ2n) is 7.27. The van der Waals surface area contributed by atoms with Crippen molar-refractivity contribution in [2.24, 2.45) is 5.92 Å². The minimum atomic E-state index is 0.111. The molecule has 0 aliphatic heterocycles. The topological polar surface area (TPSA) is 67.0 Å². The van der Waals surface area contributed by atoms with Gasteiger partial charge in [-0.15, -0.1) is 0 Å². The predicted octanol–water partition coefficient (Wildman–Crippen LogP) is 4.48. The minimum Gasteiger partial charge on any atom is -0.497 e. The van der Waals surface area contributed by atoms with E-state index >= 15 is 0 Å². The van der Waals surface area contributed by atoms with E-state index in [1.54, 1.807) is 7.11 Å². The van der Waals surface area contributed by atoms with Gasteiger partial charge in [-0.3, -0.25) is 9.89 Å². The molecule has 0 atom stereocenters. The molecule has 1 aromatic carbocycles. The lowest BCUT2D eigenvalue weighted by Crippen LogP contribution is -2.16. The predicted molar refractivity (Wildman–Crippen MR) is 97.8 cm³/mol. The third-order valence-corrected chi connectivity index (χ3v) is 5.34. The third-order valence-electron chi connectivity index (χ3n) is 5.34. The fourth-order valence-corrected chi connectivity index (χ4v) is 3.80. The van der Waals surface area contributed by atoms with Crippen LogP contribution in [0.5, 0.6) is 5.75 Å². The number of hydrogen-bond donors (Lipinski definition) is 2. The van der Waals surface area contributed by atoms with Crippen LogP contribution in [0.15, 0.2) is 24.3 Å². The number of aromatic amines is 1. The number of nitrogens with zero attached hydrogens (tertiary/aromatic N) is 1. The number of anilines is 1. The highest BCUT2D eigenvalue weighted by molar-refractivity contribution is 5.96. The smallest absolute Gasteiger partial charge is 0.224 e. The lowest BCUT2D eigenvalue weighted by Gasteiger charge is -2.12. The Kier molecular flexibility index (Phi) is 4.47. The molecule has 0 saturated heterocycles. The molecule has 2 aliphatic rings. The lowest BCUT2D eigenvalue weighted by atomic mass is 10.0. The molecule has 1 heterocycles. The van der Waals surface area contributed by atoms with E-state index in [2.05, 4.69) is 15.5 Å². The summed E-state index contributed by atoms with van der Waals surface area (Å²) in [6.07, 6.45) is 7.80. The van der Waals surface area contributed by atoms with Crippen LogP contribution in [0.2, 0.25) is 0 Å². The summed E-state index contributed by atoms with van der Waals surface area (Å²) < 4.78 is 5.33. The van der Waals surface area contributed by atoms with Crippen LogP contribution in [0.3, 0.4) is 0 Å². The van der Waals surface area contributed by atoms with Gasteiger partial charge in [-0.1, -0.05) is 25.0 Å². The molecule has 2 N–H and O–H groups in total. The van der Waals surface area contributed by atoms with Gasteiger partial charge in [-0.05, 0) is 43.7 Å². The van der Waals surface area contributed by atoms with Gasteiger partial charge >= 0.3 is 0 Å². The lowest BCUT2D eigenvalue weighted by molar-refractivity contribution is -0.117. The molecule has 1 aromatic heterocycles. The molecule has 0 bridgehead atoms. The fraction of sp³-hybridized carbons (Fsp3) is 0.500. The third kappa shape index (κ3) is 3.55. The molecule has 2 fully saturated rings. The van der Waals surface area contributed by atoms with Gasteiger partial charge in [0.1, 0.15) is 11.4 Å². The van der Waals surface area contributed by atoms with Gasteiger partial charge in [0.25, 0.3) is 0 Å². The Morgan fingerprint density at radius 1 is 1.28 bits per heavy atom. The average Bonchev–Trinajstić information content (AvgIpc) is 3.18. The van der Waals surface area contributed by atoms with Crippen LogP contribution in [0.1, 0.15) is 56.6 Å². The largest absolute Gasteiger partial charge is 0.497 e. The van der Waals surface area contributed by atoms with E-state index in [4.69, 9.17) is 4.74 Å². The van der Waals surface area contributed by atoms with E-state index in [1.807, 2.05) is 24.3 Å². The number of nitrogens with one attached hydrogen (secondary N) is 2. The zero-order valence-electron chi connectivity index (χ0n) is 14.7. The van der Waals surface area contributed by atoms with Crippen molar-refractivity contribution in [3.63, 3.8) is 0 Å². The zero-order chi connectivity index (χ0) is 17.2. The van der Waals surface area contributed by atoms with E-state index < -0.39 is 0 Å². The highest BCUT2D eigenvalue weighted by Gasteiger charge is 2.31. The van der Waals surface area contributed by atoms with Crippen molar-refractivity contribution in [3.8, 4) is 17.0 Å². The first-order valence-electron chi connectivity index (χ1n) is 9.27. The van der Waals surface area contributed by atoms with Crippen molar-refractivity contribution in [2.45, 2.75) is 50.9 Å². The highest BCUT2D eigenvalue weighted by atomic mass is 16.5. The van der Waals surface area contributed by atoms with Crippen molar-refractivity contribution in [1.82, 2.24) is 10.2 Å². The van der Waals surface area contributed by atoms with Crippen molar-refractivity contribution >= 4 is 11.6 Å². The molecule has 2 saturated carbocycles. The summed E-state index contributed by atoms with van der Waals surface area (Å²) in [5, 5.41) is 10.8. The zero-order valence-corrected chi connectivity index (χ0v) is 14.7. The SMILES string of the molecule is COc1cccc(-c2n[nH]c(C3CC3)c2NC(=O)CC2CCCC2)c1. The summed E-state index contributed by atoms with van der Waals surface area (Å²) in [4.78, 5) is 12.6. The monoisotopic (exact) mass is 339 g/mol. The van der Waals surface area contributed by atoms with Crippen molar-refractivity contribution < 1.29 is 9.53 Å². The molecule has 1 amide bonds. The first-order chi connectivity index (χ1) is 12.2. The molecule has 0 unspecified atom stereocenters. The van der Waals surface area contributed by atoms with Crippen LogP contribution in [-0.4, -0.2) is 23.2 Å². The van der Waals surface area contributed by atoms with E-state index in [0.29, 0.717) is 18.3 Å². The summed E-state index contributed by atoms with van der Waals surface area (Å²) in [6, 6.07) is 7.82. The standard InChI is InChI=1S/C20H25N3O2/c1-25-16-8-4-7-15(12-16)19-20(18(22-23-19)14-9-10-14)21-17(24)11-13-5-2-3-6-13/h4,7-8,12-14H,2-3,5-6,9-11H2,1H3,(H,21,24)(H,22,23). The van der Waals surface area contributed by atoms with Crippen LogP contribution >= 0.6 is 0 Å². The number of amides is 1. The Balaban J connectivity index is 1.60. The number of aromatic nitrogens is 2. The normalized spacial score (nSPS) is 17.6. The molecular weight excluding hydrogens is 314 g/mol. The Morgan fingerprint density at radius 2 is 2.08 bits per heavy atom. The van der Waals surface area contributed by atoms with E-state index in [1.165, 1.54) is 25.7 Å². The van der Waals surface area contributed by atoms with Gasteiger partial charge < -0.3 is 10.1 Å². The molecule has 5 nitrogen and oxygen atoms in total. The van der Waals surface area contributed by atoms with Crippen LogP contribution in [0.4, 0.5) is 5.69 Å². The van der Waals surface area contributed by atoms with E-state index in [-0.39, 0.29) is 5.91 Å². The summed E-state index contributed by atoms with van der Waals surface area (Å²) in [5.41, 5.74) is 3.69. The molecule has 0 spiro atoms. The highest BCUT2D eigenvalue weighted by Crippen LogP contribution is 2.45. The quantitative estimate of drug-likeness (QED) is 0.815. The van der Waals surface area contributed by atoms with Gasteiger partial charge in [0.05, 0.1) is 18.5 Å². The van der Waals surface area contributed by atoms with Gasteiger partial charge in [0.2, 0.25) is 5.91 Å². The van der Waals surface area contributed by atoms with Crippen LogP contribution < -0.4 is 10.1 Å². The average molecular weight is 339 g/mol.